The van der Waals surface area contributed by atoms with Crippen LogP contribution in [0.1, 0.15) is 30.8 Å². The molecular formula is C12H12N2O4. The molecule has 0 saturated heterocycles. The van der Waals surface area contributed by atoms with Crippen molar-refractivity contribution in [3.05, 3.63) is 36.0 Å². The van der Waals surface area contributed by atoms with E-state index >= 15 is 0 Å². The van der Waals surface area contributed by atoms with Crippen molar-refractivity contribution in [2.45, 2.75) is 19.1 Å². The van der Waals surface area contributed by atoms with Gasteiger partial charge in [0, 0.05) is 0 Å². The van der Waals surface area contributed by atoms with E-state index in [-0.39, 0.29) is 5.82 Å². The summed E-state index contributed by atoms with van der Waals surface area (Å²) >= 11 is 0. The number of para-hydroxylation sites is 2. The van der Waals surface area contributed by atoms with Crippen LogP contribution in [0.2, 0.25) is 0 Å². The first kappa shape index (κ1) is 11.0. The smallest absolute Gasteiger partial charge is 0.271 e. The predicted octanol–water partition coefficient (Wildman–Crippen LogP) is 1.64. The monoisotopic (exact) mass is 248 g/mol. The molecular weight excluding hydrogens is 236 g/mol. The van der Waals surface area contributed by atoms with Crippen molar-refractivity contribution in [3.63, 3.8) is 0 Å². The van der Waals surface area contributed by atoms with Gasteiger partial charge in [-0.1, -0.05) is 17.3 Å². The minimum absolute atomic E-state index is 0.243. The van der Waals surface area contributed by atoms with Crippen LogP contribution in [0.25, 0.3) is 0 Å². The molecule has 18 heavy (non-hydrogen) atoms. The highest BCUT2D eigenvalue weighted by Crippen LogP contribution is 2.35. The van der Waals surface area contributed by atoms with E-state index < -0.39 is 12.2 Å². The number of aliphatic hydroxyl groups excluding tert-OH is 1. The van der Waals surface area contributed by atoms with E-state index in [9.17, 15) is 5.11 Å². The Balaban J connectivity index is 1.83. The number of fused-ring (bicyclic) bond motifs is 1. The van der Waals surface area contributed by atoms with Crippen molar-refractivity contribution < 1.29 is 19.1 Å². The average Bonchev–Trinajstić information content (AvgIpc) is 2.88. The van der Waals surface area contributed by atoms with Crippen LogP contribution < -0.4 is 9.47 Å². The summed E-state index contributed by atoms with van der Waals surface area (Å²) in [5, 5.41) is 13.0. The van der Waals surface area contributed by atoms with Gasteiger partial charge in [-0.05, 0) is 19.1 Å². The highest BCUT2D eigenvalue weighted by molar-refractivity contribution is 5.40. The first-order chi connectivity index (χ1) is 8.74. The first-order valence-corrected chi connectivity index (χ1v) is 5.64. The van der Waals surface area contributed by atoms with Crippen LogP contribution >= 0.6 is 0 Å². The number of hydrogen-bond acceptors (Lipinski definition) is 6. The standard InChI is InChI=1S/C12H12N2O4/c1-7(15)11-13-12(18-14-11)10-6-16-8-4-2-3-5-9(8)17-10/h2-5,7,10,15H,6H2,1H3. The van der Waals surface area contributed by atoms with Gasteiger partial charge in [0.1, 0.15) is 12.7 Å². The maximum atomic E-state index is 9.34. The van der Waals surface area contributed by atoms with Gasteiger partial charge in [0.2, 0.25) is 6.10 Å². The zero-order chi connectivity index (χ0) is 12.5. The van der Waals surface area contributed by atoms with E-state index in [1.807, 2.05) is 24.3 Å². The highest BCUT2D eigenvalue weighted by Gasteiger charge is 2.27. The second-order valence-electron chi connectivity index (χ2n) is 4.03. The Morgan fingerprint density at radius 1 is 1.33 bits per heavy atom. The SMILES string of the molecule is CC(O)c1noc(C2COc3ccccc3O2)n1. The molecule has 0 saturated carbocycles. The molecule has 0 bridgehead atoms. The summed E-state index contributed by atoms with van der Waals surface area (Å²) in [6.45, 7) is 1.88. The number of ether oxygens (including phenoxy) is 2. The molecule has 2 heterocycles. The molecule has 3 rings (SSSR count). The van der Waals surface area contributed by atoms with E-state index in [0.717, 1.165) is 0 Å². The van der Waals surface area contributed by atoms with E-state index in [0.29, 0.717) is 24.0 Å². The predicted molar refractivity (Wildman–Crippen MR) is 60.2 cm³/mol. The molecule has 0 fully saturated rings. The molecule has 2 aromatic rings. The lowest BCUT2D eigenvalue weighted by Gasteiger charge is -2.23. The van der Waals surface area contributed by atoms with Crippen molar-refractivity contribution in [3.8, 4) is 11.5 Å². The summed E-state index contributed by atoms with van der Waals surface area (Å²) in [4.78, 5) is 4.07. The Morgan fingerprint density at radius 2 is 2.11 bits per heavy atom. The van der Waals surface area contributed by atoms with E-state index in [4.69, 9.17) is 14.0 Å². The van der Waals surface area contributed by atoms with Crippen LogP contribution in [0.3, 0.4) is 0 Å². The number of aliphatic hydroxyl groups is 1. The molecule has 2 atom stereocenters. The Morgan fingerprint density at radius 3 is 2.83 bits per heavy atom. The van der Waals surface area contributed by atoms with Crippen molar-refractivity contribution in [1.82, 2.24) is 10.1 Å². The third-order valence-corrected chi connectivity index (χ3v) is 2.62. The van der Waals surface area contributed by atoms with Crippen LogP contribution in [-0.2, 0) is 0 Å². The third kappa shape index (κ3) is 1.91. The zero-order valence-electron chi connectivity index (χ0n) is 9.74. The lowest BCUT2D eigenvalue weighted by atomic mass is 10.2. The molecule has 0 radical (unpaired) electrons. The van der Waals surface area contributed by atoms with Crippen molar-refractivity contribution in [1.29, 1.82) is 0 Å². The minimum atomic E-state index is -0.765. The van der Waals surface area contributed by atoms with Gasteiger partial charge in [0.25, 0.3) is 5.89 Å². The largest absolute Gasteiger partial charge is 0.485 e. The van der Waals surface area contributed by atoms with Gasteiger partial charge >= 0.3 is 0 Å². The van der Waals surface area contributed by atoms with Gasteiger partial charge < -0.3 is 19.1 Å². The second kappa shape index (κ2) is 4.30. The summed E-state index contributed by atoms with van der Waals surface area (Å²) in [5.41, 5.74) is 0. The van der Waals surface area contributed by atoms with Gasteiger partial charge in [-0.3, -0.25) is 0 Å². The summed E-state index contributed by atoms with van der Waals surface area (Å²) in [6.07, 6.45) is -1.21. The highest BCUT2D eigenvalue weighted by atomic mass is 16.6. The molecule has 1 N–H and O–H groups in total. The Bertz CT molecular complexity index is 553. The van der Waals surface area contributed by atoms with Crippen molar-refractivity contribution in [2.75, 3.05) is 6.61 Å². The fraction of sp³-hybridized carbons (Fsp3) is 0.333. The summed E-state index contributed by atoms with van der Waals surface area (Å²) < 4.78 is 16.3. The quantitative estimate of drug-likeness (QED) is 0.870. The van der Waals surface area contributed by atoms with Gasteiger partial charge in [0.05, 0.1) is 0 Å². The molecule has 0 aliphatic carbocycles. The van der Waals surface area contributed by atoms with Crippen LogP contribution in [0, 0.1) is 0 Å². The van der Waals surface area contributed by atoms with Crippen molar-refractivity contribution in [2.24, 2.45) is 0 Å². The molecule has 1 aliphatic rings. The molecule has 6 nitrogen and oxygen atoms in total. The van der Waals surface area contributed by atoms with Crippen LogP contribution in [0.5, 0.6) is 11.5 Å². The van der Waals surface area contributed by atoms with Crippen molar-refractivity contribution >= 4 is 0 Å². The third-order valence-electron chi connectivity index (χ3n) is 2.62. The Hall–Kier alpha value is -2.08. The van der Waals surface area contributed by atoms with E-state index in [2.05, 4.69) is 10.1 Å². The fourth-order valence-corrected chi connectivity index (χ4v) is 1.69. The summed E-state index contributed by atoms with van der Waals surface area (Å²) in [6, 6.07) is 7.38. The molecule has 1 aromatic heterocycles. The summed E-state index contributed by atoms with van der Waals surface area (Å²) in [7, 11) is 0. The second-order valence-corrected chi connectivity index (χ2v) is 4.03. The molecule has 1 aliphatic heterocycles. The van der Waals surface area contributed by atoms with Crippen LogP contribution in [0.4, 0.5) is 0 Å². The first-order valence-electron chi connectivity index (χ1n) is 5.64. The van der Waals surface area contributed by atoms with Crippen LogP contribution in [-0.4, -0.2) is 21.9 Å². The van der Waals surface area contributed by atoms with Gasteiger partial charge in [-0.2, -0.15) is 4.98 Å². The number of aromatic nitrogens is 2. The zero-order valence-corrected chi connectivity index (χ0v) is 9.74. The van der Waals surface area contributed by atoms with Gasteiger partial charge in [-0.15, -0.1) is 0 Å². The molecule has 94 valence electrons. The van der Waals surface area contributed by atoms with E-state index in [1.165, 1.54) is 0 Å². The lowest BCUT2D eigenvalue weighted by Crippen LogP contribution is -2.21. The average molecular weight is 248 g/mol. The number of benzene rings is 1. The Labute approximate surface area is 103 Å². The minimum Gasteiger partial charge on any atom is -0.485 e. The molecule has 2 unspecified atom stereocenters. The number of hydrogen-bond donors (Lipinski definition) is 1. The molecule has 0 spiro atoms. The topological polar surface area (TPSA) is 77.6 Å². The summed E-state index contributed by atoms with van der Waals surface area (Å²) in [5.74, 6) is 1.89. The lowest BCUT2D eigenvalue weighted by molar-refractivity contribution is 0.0665. The maximum absolute atomic E-state index is 9.34. The Kier molecular flexibility index (Phi) is 2.64. The molecule has 1 aromatic carbocycles. The number of nitrogens with zero attached hydrogens (tertiary/aromatic N) is 2. The van der Waals surface area contributed by atoms with E-state index in [1.54, 1.807) is 6.92 Å². The van der Waals surface area contributed by atoms with Gasteiger partial charge in [0.15, 0.2) is 17.3 Å². The maximum Gasteiger partial charge on any atom is 0.271 e. The number of rotatable bonds is 2. The fourth-order valence-electron chi connectivity index (χ4n) is 1.69. The van der Waals surface area contributed by atoms with Crippen LogP contribution in [0.15, 0.2) is 28.8 Å². The van der Waals surface area contributed by atoms with Gasteiger partial charge in [-0.25, -0.2) is 0 Å². The normalized spacial score (nSPS) is 19.6. The molecule has 6 heteroatoms. The molecule has 0 amide bonds.